The van der Waals surface area contributed by atoms with Crippen LogP contribution in [0.1, 0.15) is 35.1 Å². The molecular formula is C22H21N5O2. The lowest BCUT2D eigenvalue weighted by atomic mass is 10.0. The van der Waals surface area contributed by atoms with Crippen molar-refractivity contribution in [1.29, 1.82) is 0 Å². The summed E-state index contributed by atoms with van der Waals surface area (Å²) in [6, 6.07) is 16.6. The number of benzene rings is 2. The van der Waals surface area contributed by atoms with E-state index in [0.717, 1.165) is 17.2 Å². The van der Waals surface area contributed by atoms with Crippen LogP contribution in [0.25, 0.3) is 16.7 Å². The second-order valence-electron chi connectivity index (χ2n) is 6.87. The number of hydrogen-bond donors (Lipinski definition) is 2. The fraction of sp³-hybridized carbons (Fsp3) is 0.182. The Labute approximate surface area is 167 Å². The molecule has 4 rings (SSSR count). The highest BCUT2D eigenvalue weighted by Gasteiger charge is 2.16. The monoisotopic (exact) mass is 387 g/mol. The summed E-state index contributed by atoms with van der Waals surface area (Å²) in [5.74, 6) is 0.467. The minimum Gasteiger partial charge on any atom is -0.306 e. The molecule has 0 radical (unpaired) electrons. The number of aromatic nitrogens is 4. The van der Waals surface area contributed by atoms with Crippen LogP contribution in [0.4, 0.5) is 5.82 Å². The van der Waals surface area contributed by atoms with Crippen molar-refractivity contribution in [1.82, 2.24) is 19.7 Å². The molecule has 7 nitrogen and oxygen atoms in total. The zero-order chi connectivity index (χ0) is 20.4. The number of hydrogen-bond acceptors (Lipinski definition) is 4. The molecule has 0 saturated heterocycles. The van der Waals surface area contributed by atoms with Crippen LogP contribution in [-0.4, -0.2) is 25.7 Å². The Hall–Kier alpha value is -3.74. The maximum atomic E-state index is 13.0. The van der Waals surface area contributed by atoms with Crippen LogP contribution in [0.5, 0.6) is 0 Å². The van der Waals surface area contributed by atoms with Crippen LogP contribution in [0.2, 0.25) is 0 Å². The molecule has 0 spiro atoms. The predicted molar refractivity (Wildman–Crippen MR) is 113 cm³/mol. The van der Waals surface area contributed by atoms with Crippen LogP contribution >= 0.6 is 0 Å². The van der Waals surface area contributed by atoms with E-state index in [4.69, 9.17) is 0 Å². The topological polar surface area (TPSA) is 92.7 Å². The third-order valence-corrected chi connectivity index (χ3v) is 4.60. The van der Waals surface area contributed by atoms with Crippen molar-refractivity contribution in [3.63, 3.8) is 0 Å². The number of fused-ring (bicyclic) bond motifs is 1. The number of anilines is 1. The fourth-order valence-corrected chi connectivity index (χ4v) is 3.34. The molecule has 29 heavy (non-hydrogen) atoms. The number of carbonyl (C=O) groups excluding carboxylic acids is 1. The average Bonchev–Trinajstić information content (AvgIpc) is 3.07. The van der Waals surface area contributed by atoms with E-state index >= 15 is 0 Å². The number of aryl methyl sites for hydroxylation is 2. The number of carbonyl (C=O) groups is 1. The zero-order valence-electron chi connectivity index (χ0n) is 16.3. The average molecular weight is 387 g/mol. The Morgan fingerprint density at radius 3 is 2.76 bits per heavy atom. The van der Waals surface area contributed by atoms with Crippen molar-refractivity contribution in [3.8, 4) is 5.95 Å². The van der Waals surface area contributed by atoms with E-state index in [2.05, 4.69) is 20.4 Å². The van der Waals surface area contributed by atoms with Gasteiger partial charge in [0, 0.05) is 23.4 Å². The molecule has 7 heteroatoms. The number of rotatable bonds is 5. The summed E-state index contributed by atoms with van der Waals surface area (Å²) in [5.41, 5.74) is 1.69. The van der Waals surface area contributed by atoms with Crippen molar-refractivity contribution in [3.05, 3.63) is 81.9 Å². The van der Waals surface area contributed by atoms with Gasteiger partial charge in [-0.1, -0.05) is 49.7 Å². The lowest BCUT2D eigenvalue weighted by molar-refractivity contribution is 0.102. The molecule has 1 amide bonds. The molecule has 0 atom stereocenters. The van der Waals surface area contributed by atoms with Gasteiger partial charge in [0.2, 0.25) is 5.95 Å². The standard InChI is InChI=1S/C22H21N5O2/c1-3-7-16-13-20(28)25-22(23-16)27-19(12-14(2)26-27)24-21(29)18-11-6-9-15-8-4-5-10-17(15)18/h4-6,8-13H,3,7H2,1-2H3,(H,24,29)(H,23,25,28). The molecule has 0 aliphatic heterocycles. The summed E-state index contributed by atoms with van der Waals surface area (Å²) in [7, 11) is 0. The van der Waals surface area contributed by atoms with Gasteiger partial charge in [0.25, 0.3) is 11.5 Å². The Balaban J connectivity index is 1.72. The number of aromatic amines is 1. The van der Waals surface area contributed by atoms with E-state index in [0.29, 0.717) is 29.2 Å². The maximum Gasteiger partial charge on any atom is 0.257 e. The van der Waals surface area contributed by atoms with Gasteiger partial charge >= 0.3 is 0 Å². The second kappa shape index (κ2) is 7.71. The summed E-state index contributed by atoms with van der Waals surface area (Å²) >= 11 is 0. The van der Waals surface area contributed by atoms with Crippen molar-refractivity contribution < 1.29 is 4.79 Å². The molecule has 4 aromatic rings. The van der Waals surface area contributed by atoms with Crippen LogP contribution in [-0.2, 0) is 6.42 Å². The van der Waals surface area contributed by atoms with E-state index in [9.17, 15) is 9.59 Å². The van der Waals surface area contributed by atoms with Gasteiger partial charge < -0.3 is 5.32 Å². The molecular weight excluding hydrogens is 366 g/mol. The lowest BCUT2D eigenvalue weighted by Crippen LogP contribution is -2.19. The van der Waals surface area contributed by atoms with E-state index in [1.54, 1.807) is 12.1 Å². The van der Waals surface area contributed by atoms with Crippen molar-refractivity contribution in [2.24, 2.45) is 0 Å². The van der Waals surface area contributed by atoms with Gasteiger partial charge in [0.15, 0.2) is 0 Å². The van der Waals surface area contributed by atoms with E-state index in [1.165, 1.54) is 10.7 Å². The van der Waals surface area contributed by atoms with Crippen molar-refractivity contribution in [2.45, 2.75) is 26.7 Å². The molecule has 0 aliphatic rings. The van der Waals surface area contributed by atoms with Crippen molar-refractivity contribution in [2.75, 3.05) is 5.32 Å². The fourth-order valence-electron chi connectivity index (χ4n) is 3.34. The third kappa shape index (κ3) is 3.80. The van der Waals surface area contributed by atoms with Gasteiger partial charge in [-0.15, -0.1) is 0 Å². The quantitative estimate of drug-likeness (QED) is 0.547. The van der Waals surface area contributed by atoms with Crippen LogP contribution in [0.3, 0.4) is 0 Å². The molecule has 2 aromatic carbocycles. The van der Waals surface area contributed by atoms with Gasteiger partial charge in [-0.2, -0.15) is 9.78 Å². The van der Waals surface area contributed by atoms with Crippen molar-refractivity contribution >= 4 is 22.5 Å². The first kappa shape index (κ1) is 18.6. The molecule has 146 valence electrons. The highest BCUT2D eigenvalue weighted by molar-refractivity contribution is 6.12. The molecule has 2 heterocycles. The number of nitrogens with one attached hydrogen (secondary N) is 2. The first-order valence-electron chi connectivity index (χ1n) is 9.51. The lowest BCUT2D eigenvalue weighted by Gasteiger charge is -2.10. The zero-order valence-corrected chi connectivity index (χ0v) is 16.3. The van der Waals surface area contributed by atoms with Crippen LogP contribution in [0.15, 0.2) is 59.4 Å². The normalized spacial score (nSPS) is 11.0. The Kier molecular flexibility index (Phi) is 4.95. The summed E-state index contributed by atoms with van der Waals surface area (Å²) < 4.78 is 1.46. The van der Waals surface area contributed by atoms with Gasteiger partial charge in [-0.3, -0.25) is 14.6 Å². The SMILES string of the molecule is CCCc1cc(=O)[nH]c(-n2nc(C)cc2NC(=O)c2cccc3ccccc23)n1. The molecule has 0 fully saturated rings. The van der Waals surface area contributed by atoms with Crippen LogP contribution in [0, 0.1) is 6.92 Å². The van der Waals surface area contributed by atoms with Gasteiger partial charge in [-0.05, 0) is 30.2 Å². The molecule has 0 bridgehead atoms. The molecule has 0 unspecified atom stereocenters. The van der Waals surface area contributed by atoms with E-state index in [-0.39, 0.29) is 17.4 Å². The van der Waals surface area contributed by atoms with Crippen LogP contribution < -0.4 is 10.9 Å². The minimum atomic E-state index is -0.255. The Bertz CT molecular complexity index is 1250. The summed E-state index contributed by atoms with van der Waals surface area (Å²) in [4.78, 5) is 32.2. The molecule has 0 aliphatic carbocycles. The molecule has 0 saturated carbocycles. The molecule has 2 aromatic heterocycles. The number of nitrogens with zero attached hydrogens (tertiary/aromatic N) is 3. The van der Waals surface area contributed by atoms with Gasteiger partial charge in [0.1, 0.15) is 5.82 Å². The molecule has 2 N–H and O–H groups in total. The Morgan fingerprint density at radius 1 is 1.14 bits per heavy atom. The van der Waals surface area contributed by atoms with E-state index in [1.807, 2.05) is 50.2 Å². The van der Waals surface area contributed by atoms with Gasteiger partial charge in [0.05, 0.1) is 5.69 Å². The third-order valence-electron chi connectivity index (χ3n) is 4.60. The smallest absolute Gasteiger partial charge is 0.257 e. The highest BCUT2D eigenvalue weighted by atomic mass is 16.1. The summed E-state index contributed by atoms with van der Waals surface area (Å²) in [6.45, 7) is 3.84. The number of amides is 1. The van der Waals surface area contributed by atoms with Gasteiger partial charge in [-0.25, -0.2) is 4.98 Å². The first-order chi connectivity index (χ1) is 14.0. The highest BCUT2D eigenvalue weighted by Crippen LogP contribution is 2.21. The summed E-state index contributed by atoms with van der Waals surface area (Å²) in [5, 5.41) is 9.17. The number of H-pyrrole nitrogens is 1. The Morgan fingerprint density at radius 2 is 1.93 bits per heavy atom. The predicted octanol–water partition coefficient (Wildman–Crippen LogP) is 3.62. The van der Waals surface area contributed by atoms with E-state index < -0.39 is 0 Å². The first-order valence-corrected chi connectivity index (χ1v) is 9.51. The second-order valence-corrected chi connectivity index (χ2v) is 6.87. The minimum absolute atomic E-state index is 0.252. The maximum absolute atomic E-state index is 13.0. The summed E-state index contributed by atoms with van der Waals surface area (Å²) in [6.07, 6.45) is 1.56. The largest absolute Gasteiger partial charge is 0.306 e.